The van der Waals surface area contributed by atoms with Crippen LogP contribution in [-0.4, -0.2) is 13.9 Å². The second kappa shape index (κ2) is 5.38. The Hall–Kier alpha value is -2.33. The minimum absolute atomic E-state index is 0.415. The lowest BCUT2D eigenvalue weighted by Crippen LogP contribution is -2.61. The number of hydrogen-bond donors (Lipinski definition) is 0. The van der Waals surface area contributed by atoms with Crippen LogP contribution in [0.4, 0.5) is 13.2 Å². The van der Waals surface area contributed by atoms with Crippen molar-refractivity contribution >= 4 is 19.3 Å². The molecule has 0 N–H and O–H groups in total. The lowest BCUT2D eigenvalue weighted by molar-refractivity contribution is -0.0681. The molecular weight excluding hydrogens is 413 g/mol. The van der Waals surface area contributed by atoms with Crippen molar-refractivity contribution < 1.29 is 28.8 Å². The fourth-order valence-corrected chi connectivity index (χ4v) is 13.5. The number of halogens is 3. The molecule has 148 valence electrons. The molecule has 1 saturated heterocycles. The number of alkyl halides is 3. The van der Waals surface area contributed by atoms with Crippen LogP contribution in [0.5, 0.6) is 0 Å². The summed E-state index contributed by atoms with van der Waals surface area (Å²) >= 11 is 0. The summed E-state index contributed by atoms with van der Waals surface area (Å²) in [6.45, 7) is 0. The van der Waals surface area contributed by atoms with Crippen LogP contribution < -0.4 is 0 Å². The maximum Gasteiger partial charge on any atom is 0.483 e. The van der Waals surface area contributed by atoms with Gasteiger partial charge in [0, 0.05) is 14.7 Å². The molecule has 0 radical (unpaired) electrons. The molecule has 0 saturated carbocycles. The van der Waals surface area contributed by atoms with Gasteiger partial charge in [-0.05, 0) is 36.4 Å². The standard InChI is InChI=1S/C19H15F3O4S2/c20-19(21,22)28(25-27(23,24)26-28,16-10-4-1-5-11-16,17-12-6-2-7-13-17)18-14-8-3-9-15-18/h1-15H. The van der Waals surface area contributed by atoms with E-state index in [0.29, 0.717) is 0 Å². The van der Waals surface area contributed by atoms with Gasteiger partial charge in [0.25, 0.3) is 0 Å². The highest BCUT2D eigenvalue weighted by molar-refractivity contribution is 8.64. The molecule has 0 aromatic heterocycles. The third-order valence-electron chi connectivity index (χ3n) is 4.90. The van der Waals surface area contributed by atoms with Gasteiger partial charge in [0.2, 0.25) is 0 Å². The Kier molecular flexibility index (Phi) is 3.65. The van der Waals surface area contributed by atoms with E-state index in [2.05, 4.69) is 0 Å². The number of hydrogen-bond acceptors (Lipinski definition) is 4. The average Bonchev–Trinajstić information content (AvgIpc) is 2.67. The molecular formula is C19H15F3O4S2. The van der Waals surface area contributed by atoms with Crippen molar-refractivity contribution in [3.8, 4) is 0 Å². The van der Waals surface area contributed by atoms with Crippen LogP contribution in [0, 0.1) is 0 Å². The van der Waals surface area contributed by atoms with Crippen LogP contribution in [-0.2, 0) is 17.7 Å². The maximum atomic E-state index is 15.4. The predicted molar refractivity (Wildman–Crippen MR) is 98.9 cm³/mol. The van der Waals surface area contributed by atoms with Crippen molar-refractivity contribution in [1.82, 2.24) is 0 Å². The van der Waals surface area contributed by atoms with E-state index < -0.39 is 39.4 Å². The Balaban J connectivity index is 2.38. The van der Waals surface area contributed by atoms with Gasteiger partial charge in [0.05, 0.1) is 0 Å². The van der Waals surface area contributed by atoms with Crippen LogP contribution in [0.3, 0.4) is 0 Å². The molecule has 0 aliphatic carbocycles. The molecule has 1 heterocycles. The fourth-order valence-electron chi connectivity index (χ4n) is 3.74. The van der Waals surface area contributed by atoms with Gasteiger partial charge in [-0.15, -0.1) is 16.1 Å². The first-order valence-electron chi connectivity index (χ1n) is 8.12. The van der Waals surface area contributed by atoms with Gasteiger partial charge in [0.1, 0.15) is 0 Å². The molecule has 1 fully saturated rings. The van der Waals surface area contributed by atoms with Crippen molar-refractivity contribution in [2.24, 2.45) is 0 Å². The Morgan fingerprint density at radius 3 is 1.11 bits per heavy atom. The Labute approximate surface area is 159 Å². The molecule has 1 aliphatic rings. The lowest BCUT2D eigenvalue weighted by Gasteiger charge is -2.84. The summed E-state index contributed by atoms with van der Waals surface area (Å²) in [4.78, 5) is -1.24. The van der Waals surface area contributed by atoms with Gasteiger partial charge in [-0.1, -0.05) is 54.6 Å². The zero-order valence-electron chi connectivity index (χ0n) is 14.2. The highest BCUT2D eigenvalue weighted by Crippen LogP contribution is 3.14. The third kappa shape index (κ3) is 1.78. The van der Waals surface area contributed by atoms with E-state index in [-0.39, 0.29) is 0 Å². The molecule has 0 atom stereocenters. The van der Waals surface area contributed by atoms with Crippen LogP contribution in [0.1, 0.15) is 0 Å². The van der Waals surface area contributed by atoms with Gasteiger partial charge in [-0.25, -0.2) is 0 Å². The summed E-state index contributed by atoms with van der Waals surface area (Å²) < 4.78 is 80.9. The molecule has 9 heteroatoms. The quantitative estimate of drug-likeness (QED) is 0.539. The van der Waals surface area contributed by atoms with Gasteiger partial charge < -0.3 is 0 Å². The lowest BCUT2D eigenvalue weighted by atomic mass is 10.4. The van der Waals surface area contributed by atoms with Crippen LogP contribution in [0.15, 0.2) is 106 Å². The minimum Gasteiger partial charge on any atom is -0.166 e. The maximum absolute atomic E-state index is 15.4. The summed E-state index contributed by atoms with van der Waals surface area (Å²) in [6, 6.07) is 20.0. The third-order valence-corrected chi connectivity index (χ3v) is 14.0. The molecule has 0 bridgehead atoms. The van der Waals surface area contributed by atoms with Crippen molar-refractivity contribution in [2.45, 2.75) is 20.2 Å². The fraction of sp³-hybridized carbons (Fsp3) is 0.0526. The van der Waals surface area contributed by atoms with E-state index >= 15 is 13.2 Å². The molecule has 0 unspecified atom stereocenters. The second-order valence-corrected chi connectivity index (χ2v) is 12.8. The van der Waals surface area contributed by atoms with Gasteiger partial charge in [-0.2, -0.15) is 21.6 Å². The molecule has 3 aromatic rings. The highest BCUT2D eigenvalue weighted by atomic mass is 32.5. The normalized spacial score (nSPS) is 23.8. The first kappa shape index (κ1) is 19.0. The SMILES string of the molecule is O=S1(=O)OS(c2ccccc2)(c2ccccc2)(c2ccccc2)(C(F)(F)F)O1. The number of benzene rings is 3. The molecule has 1 aliphatic heterocycles. The molecule has 0 amide bonds. The summed E-state index contributed by atoms with van der Waals surface area (Å²) in [5.74, 6) is 0. The van der Waals surface area contributed by atoms with Crippen molar-refractivity contribution in [2.75, 3.05) is 0 Å². The van der Waals surface area contributed by atoms with Crippen molar-refractivity contribution in [3.63, 3.8) is 0 Å². The van der Waals surface area contributed by atoms with Crippen LogP contribution in [0.2, 0.25) is 0 Å². The number of rotatable bonds is 3. The zero-order chi connectivity index (χ0) is 20.2. The van der Waals surface area contributed by atoms with Gasteiger partial charge in [0.15, 0.2) is 0 Å². The van der Waals surface area contributed by atoms with E-state index in [9.17, 15) is 8.42 Å². The van der Waals surface area contributed by atoms with E-state index in [1.165, 1.54) is 91.0 Å². The zero-order valence-corrected chi connectivity index (χ0v) is 15.9. The predicted octanol–water partition coefficient (Wildman–Crippen LogP) is 5.68. The topological polar surface area (TPSA) is 52.6 Å². The molecule has 28 heavy (non-hydrogen) atoms. The minimum atomic E-state index is -6.69. The highest BCUT2D eigenvalue weighted by Gasteiger charge is 2.87. The Morgan fingerprint density at radius 2 is 0.893 bits per heavy atom. The monoisotopic (exact) mass is 428 g/mol. The van der Waals surface area contributed by atoms with Gasteiger partial charge >= 0.3 is 15.9 Å². The molecule has 4 nitrogen and oxygen atoms in total. The van der Waals surface area contributed by atoms with E-state index in [0.717, 1.165) is 0 Å². The van der Waals surface area contributed by atoms with E-state index in [1.54, 1.807) is 0 Å². The smallest absolute Gasteiger partial charge is 0.166 e. The van der Waals surface area contributed by atoms with Crippen LogP contribution >= 0.6 is 8.86 Å². The first-order chi connectivity index (χ1) is 13.1. The second-order valence-electron chi connectivity index (χ2n) is 6.28. The molecule has 4 rings (SSSR count). The summed E-state index contributed by atoms with van der Waals surface area (Å²) in [5, 5.41) is 0. The van der Waals surface area contributed by atoms with E-state index in [1.807, 2.05) is 0 Å². The average molecular weight is 428 g/mol. The summed E-state index contributed by atoms with van der Waals surface area (Å²) in [7, 11) is -11.6. The Bertz CT molecular complexity index is 1030. The summed E-state index contributed by atoms with van der Waals surface area (Å²) in [6.07, 6.45) is 0. The van der Waals surface area contributed by atoms with Gasteiger partial charge in [-0.3, -0.25) is 0 Å². The molecule has 3 aromatic carbocycles. The van der Waals surface area contributed by atoms with E-state index in [4.69, 9.17) is 7.26 Å². The molecule has 0 spiro atoms. The van der Waals surface area contributed by atoms with Crippen LogP contribution in [0.25, 0.3) is 0 Å². The largest absolute Gasteiger partial charge is 0.483 e. The van der Waals surface area contributed by atoms with Crippen molar-refractivity contribution in [1.29, 1.82) is 0 Å². The van der Waals surface area contributed by atoms with Crippen molar-refractivity contribution in [3.05, 3.63) is 91.0 Å². The Morgan fingerprint density at radius 1 is 0.607 bits per heavy atom. The summed E-state index contributed by atoms with van der Waals surface area (Å²) in [5.41, 5.74) is -5.25. The first-order valence-corrected chi connectivity index (χ1v) is 11.7.